The topological polar surface area (TPSA) is 38.7 Å². The minimum absolute atomic E-state index is 0.242. The van der Waals surface area contributed by atoms with E-state index in [9.17, 15) is 4.39 Å². The maximum absolute atomic E-state index is 13.0. The molecule has 0 saturated carbocycles. The Morgan fingerprint density at radius 2 is 1.73 bits per heavy atom. The molecule has 1 aromatic carbocycles. The Kier molecular flexibility index (Phi) is 4.15. The van der Waals surface area contributed by atoms with Crippen LogP contribution in [-0.4, -0.2) is 15.0 Å². The maximum Gasteiger partial charge on any atom is 0.179 e. The zero-order valence-electron chi connectivity index (χ0n) is 12.2. The molecule has 2 heterocycles. The molecule has 0 saturated heterocycles. The maximum atomic E-state index is 13.0. The highest BCUT2D eigenvalue weighted by Crippen LogP contribution is 2.31. The number of halogens is 1. The van der Waals surface area contributed by atoms with Gasteiger partial charge in [0.1, 0.15) is 16.5 Å². The van der Waals surface area contributed by atoms with Crippen LogP contribution in [0, 0.1) is 19.7 Å². The normalized spacial score (nSPS) is 10.7. The number of nitrogens with zero attached hydrogens (tertiary/aromatic N) is 3. The highest BCUT2D eigenvalue weighted by molar-refractivity contribution is 7.99. The lowest BCUT2D eigenvalue weighted by Crippen LogP contribution is -1.99. The monoisotopic (exact) mass is 311 g/mol. The van der Waals surface area contributed by atoms with E-state index in [0.717, 1.165) is 26.9 Å². The molecule has 0 aliphatic carbocycles. The third-order valence-electron chi connectivity index (χ3n) is 3.27. The molecule has 0 fully saturated rings. The first-order valence-corrected chi connectivity index (χ1v) is 7.65. The summed E-state index contributed by atoms with van der Waals surface area (Å²) in [6, 6.07) is 12.0. The Bertz CT molecular complexity index is 789. The standard InChI is InChI=1S/C17H14FN3S/c1-11-12(2)20-16(15-5-3-4-10-19-15)21-17(11)22-14-8-6-13(18)7-9-14/h3-10H,1-2H3. The molecule has 0 N–H and O–H groups in total. The van der Waals surface area contributed by atoms with Crippen LogP contribution in [0.3, 0.4) is 0 Å². The summed E-state index contributed by atoms with van der Waals surface area (Å²) >= 11 is 1.50. The zero-order chi connectivity index (χ0) is 15.5. The van der Waals surface area contributed by atoms with E-state index in [-0.39, 0.29) is 5.82 Å². The van der Waals surface area contributed by atoms with Crippen molar-refractivity contribution in [3.05, 3.63) is 65.7 Å². The molecule has 3 aromatic rings. The van der Waals surface area contributed by atoms with E-state index < -0.39 is 0 Å². The van der Waals surface area contributed by atoms with Gasteiger partial charge in [-0.25, -0.2) is 14.4 Å². The molecule has 3 nitrogen and oxygen atoms in total. The minimum Gasteiger partial charge on any atom is -0.253 e. The van der Waals surface area contributed by atoms with Gasteiger partial charge in [0.05, 0.1) is 0 Å². The molecule has 5 heteroatoms. The summed E-state index contributed by atoms with van der Waals surface area (Å²) < 4.78 is 13.0. The van der Waals surface area contributed by atoms with Crippen LogP contribution in [0.15, 0.2) is 58.6 Å². The SMILES string of the molecule is Cc1nc(-c2ccccn2)nc(Sc2ccc(F)cc2)c1C. The largest absolute Gasteiger partial charge is 0.253 e. The molecule has 0 aliphatic heterocycles. The van der Waals surface area contributed by atoms with Crippen molar-refractivity contribution in [3.63, 3.8) is 0 Å². The Balaban J connectivity index is 2.00. The Morgan fingerprint density at radius 3 is 2.41 bits per heavy atom. The van der Waals surface area contributed by atoms with Crippen LogP contribution in [-0.2, 0) is 0 Å². The summed E-state index contributed by atoms with van der Waals surface area (Å²) in [5.41, 5.74) is 2.68. The molecule has 110 valence electrons. The second kappa shape index (κ2) is 6.23. The van der Waals surface area contributed by atoms with Crippen LogP contribution in [0.4, 0.5) is 4.39 Å². The van der Waals surface area contributed by atoms with Crippen molar-refractivity contribution in [3.8, 4) is 11.5 Å². The third kappa shape index (κ3) is 3.14. The van der Waals surface area contributed by atoms with Crippen LogP contribution in [0.5, 0.6) is 0 Å². The molecular weight excluding hydrogens is 297 g/mol. The summed E-state index contributed by atoms with van der Waals surface area (Å²) in [5, 5.41) is 0.861. The fraction of sp³-hybridized carbons (Fsp3) is 0.118. The predicted octanol–water partition coefficient (Wildman–Crippen LogP) is 4.45. The van der Waals surface area contributed by atoms with E-state index in [2.05, 4.69) is 15.0 Å². The van der Waals surface area contributed by atoms with Crippen LogP contribution in [0.1, 0.15) is 11.3 Å². The molecule has 0 amide bonds. The zero-order valence-corrected chi connectivity index (χ0v) is 13.1. The van der Waals surface area contributed by atoms with E-state index in [4.69, 9.17) is 0 Å². The molecule has 0 spiro atoms. The number of rotatable bonds is 3. The molecule has 3 rings (SSSR count). The van der Waals surface area contributed by atoms with E-state index in [0.29, 0.717) is 5.82 Å². The summed E-state index contributed by atoms with van der Waals surface area (Å²) in [4.78, 5) is 14.4. The smallest absolute Gasteiger partial charge is 0.179 e. The average Bonchev–Trinajstić information content (AvgIpc) is 2.54. The lowest BCUT2D eigenvalue weighted by molar-refractivity contribution is 0.626. The van der Waals surface area contributed by atoms with Crippen LogP contribution < -0.4 is 0 Å². The fourth-order valence-electron chi connectivity index (χ4n) is 1.93. The molecule has 2 aromatic heterocycles. The highest BCUT2D eigenvalue weighted by Gasteiger charge is 2.11. The first-order valence-electron chi connectivity index (χ1n) is 6.83. The Labute approximate surface area is 132 Å². The van der Waals surface area contributed by atoms with E-state index in [1.807, 2.05) is 32.0 Å². The number of aryl methyl sites for hydroxylation is 1. The third-order valence-corrected chi connectivity index (χ3v) is 4.37. The van der Waals surface area contributed by atoms with Gasteiger partial charge in [-0.2, -0.15) is 0 Å². The molecule has 0 bridgehead atoms. The second-order valence-electron chi connectivity index (χ2n) is 4.83. The lowest BCUT2D eigenvalue weighted by Gasteiger charge is -2.09. The van der Waals surface area contributed by atoms with Crippen molar-refractivity contribution in [2.45, 2.75) is 23.8 Å². The van der Waals surface area contributed by atoms with Crippen LogP contribution >= 0.6 is 11.8 Å². The van der Waals surface area contributed by atoms with E-state index in [1.54, 1.807) is 18.3 Å². The van der Waals surface area contributed by atoms with Crippen molar-refractivity contribution < 1.29 is 4.39 Å². The van der Waals surface area contributed by atoms with Gasteiger partial charge in [0, 0.05) is 22.3 Å². The van der Waals surface area contributed by atoms with Gasteiger partial charge in [-0.1, -0.05) is 17.8 Å². The summed E-state index contributed by atoms with van der Waals surface area (Å²) in [7, 11) is 0. The van der Waals surface area contributed by atoms with Gasteiger partial charge in [-0.15, -0.1) is 0 Å². The van der Waals surface area contributed by atoms with Gasteiger partial charge in [0.15, 0.2) is 5.82 Å². The number of hydrogen-bond acceptors (Lipinski definition) is 4. The number of benzene rings is 1. The number of pyridine rings is 1. The molecule has 0 aliphatic rings. The first kappa shape index (κ1) is 14.7. The van der Waals surface area contributed by atoms with Gasteiger partial charge in [-0.3, -0.25) is 4.98 Å². The van der Waals surface area contributed by atoms with Crippen molar-refractivity contribution in [1.29, 1.82) is 0 Å². The van der Waals surface area contributed by atoms with Gasteiger partial charge in [-0.05, 0) is 50.2 Å². The van der Waals surface area contributed by atoms with Crippen molar-refractivity contribution >= 4 is 11.8 Å². The summed E-state index contributed by atoms with van der Waals surface area (Å²) in [6.45, 7) is 3.95. The van der Waals surface area contributed by atoms with Gasteiger partial charge >= 0.3 is 0 Å². The van der Waals surface area contributed by atoms with Crippen LogP contribution in [0.25, 0.3) is 11.5 Å². The first-order chi connectivity index (χ1) is 10.6. The molecule has 0 atom stereocenters. The average molecular weight is 311 g/mol. The predicted molar refractivity (Wildman–Crippen MR) is 85.3 cm³/mol. The summed E-state index contributed by atoms with van der Waals surface area (Å²) in [5.74, 6) is 0.363. The Hall–Kier alpha value is -2.27. The second-order valence-corrected chi connectivity index (χ2v) is 5.90. The van der Waals surface area contributed by atoms with Gasteiger partial charge in [0.25, 0.3) is 0 Å². The number of hydrogen-bond donors (Lipinski definition) is 0. The minimum atomic E-state index is -0.242. The number of aromatic nitrogens is 3. The van der Waals surface area contributed by atoms with E-state index >= 15 is 0 Å². The van der Waals surface area contributed by atoms with Crippen molar-refractivity contribution in [2.24, 2.45) is 0 Å². The molecule has 22 heavy (non-hydrogen) atoms. The van der Waals surface area contributed by atoms with Crippen molar-refractivity contribution in [1.82, 2.24) is 15.0 Å². The van der Waals surface area contributed by atoms with E-state index in [1.165, 1.54) is 23.9 Å². The summed E-state index contributed by atoms with van der Waals surface area (Å²) in [6.07, 6.45) is 1.72. The quantitative estimate of drug-likeness (QED) is 0.670. The van der Waals surface area contributed by atoms with Crippen molar-refractivity contribution in [2.75, 3.05) is 0 Å². The fourth-order valence-corrected chi connectivity index (χ4v) is 2.85. The highest BCUT2D eigenvalue weighted by atomic mass is 32.2. The lowest BCUT2D eigenvalue weighted by atomic mass is 10.2. The Morgan fingerprint density at radius 1 is 0.955 bits per heavy atom. The van der Waals surface area contributed by atoms with Crippen LogP contribution in [0.2, 0.25) is 0 Å². The van der Waals surface area contributed by atoms with Gasteiger partial charge < -0.3 is 0 Å². The molecule has 0 unspecified atom stereocenters. The molecule has 0 radical (unpaired) electrons. The van der Waals surface area contributed by atoms with Gasteiger partial charge in [0.2, 0.25) is 0 Å². The molecular formula is C17H14FN3S.